The van der Waals surface area contributed by atoms with E-state index >= 15 is 0 Å². The van der Waals surface area contributed by atoms with E-state index in [-0.39, 0.29) is 31.0 Å². The van der Waals surface area contributed by atoms with Gasteiger partial charge in [0.2, 0.25) is 5.91 Å². The third-order valence-corrected chi connectivity index (χ3v) is 6.88. The number of benzene rings is 2. The Hall–Kier alpha value is -2.24. The molecule has 33 heavy (non-hydrogen) atoms. The summed E-state index contributed by atoms with van der Waals surface area (Å²) in [4.78, 5) is 27.7. The van der Waals surface area contributed by atoms with Gasteiger partial charge in [0.05, 0.1) is 0 Å². The normalized spacial score (nSPS) is 14.8. The maximum atomic E-state index is 13.2. The lowest BCUT2D eigenvalue weighted by molar-refractivity contribution is -0.142. The summed E-state index contributed by atoms with van der Waals surface area (Å²) in [5, 5.41) is 3.99. The smallest absolute Gasteiger partial charge is 0.261 e. The lowest BCUT2D eigenvalue weighted by atomic mass is 10.0. The fourth-order valence-corrected chi connectivity index (χ4v) is 4.52. The Labute approximate surface area is 206 Å². The van der Waals surface area contributed by atoms with E-state index in [0.717, 1.165) is 25.7 Å². The van der Waals surface area contributed by atoms with Gasteiger partial charge in [-0.15, -0.1) is 0 Å². The van der Waals surface area contributed by atoms with Crippen LogP contribution >= 0.6 is 23.2 Å². The van der Waals surface area contributed by atoms with Crippen LogP contribution in [0, 0.1) is 0 Å². The summed E-state index contributed by atoms with van der Waals surface area (Å²) in [7, 11) is 0. The van der Waals surface area contributed by atoms with Crippen molar-refractivity contribution in [3.05, 3.63) is 63.6 Å². The molecule has 0 spiro atoms. The van der Waals surface area contributed by atoms with Crippen LogP contribution in [-0.4, -0.2) is 35.4 Å². The van der Waals surface area contributed by atoms with Gasteiger partial charge in [-0.2, -0.15) is 0 Å². The number of nitrogens with one attached hydrogen (secondary N) is 1. The number of nitrogens with zero attached hydrogens (tertiary/aromatic N) is 1. The number of halogens is 2. The van der Waals surface area contributed by atoms with Crippen molar-refractivity contribution in [2.24, 2.45) is 0 Å². The van der Waals surface area contributed by atoms with E-state index in [1.807, 2.05) is 24.3 Å². The van der Waals surface area contributed by atoms with Crippen molar-refractivity contribution in [1.82, 2.24) is 10.2 Å². The minimum absolute atomic E-state index is 0.117. The van der Waals surface area contributed by atoms with Crippen molar-refractivity contribution in [2.45, 2.75) is 71.0 Å². The molecule has 178 valence electrons. The average molecular weight is 491 g/mol. The highest BCUT2D eigenvalue weighted by Crippen LogP contribution is 2.27. The zero-order valence-electron chi connectivity index (χ0n) is 19.4. The van der Waals surface area contributed by atoms with Crippen LogP contribution in [0.3, 0.4) is 0 Å². The summed E-state index contributed by atoms with van der Waals surface area (Å²) < 4.78 is 5.76. The molecule has 0 radical (unpaired) electrons. The first kappa shape index (κ1) is 25.4. The largest absolute Gasteiger partial charge is 0.484 e. The number of carbonyl (C=O) groups excluding carboxylic acids is 2. The summed E-state index contributed by atoms with van der Waals surface area (Å²) in [6.45, 7) is 5.89. The standard InChI is InChI=1S/C26H32Cl2N2O3/c1-17(2)19-11-13-21(14-12-19)33-16-25(31)30(15-22-23(27)9-6-10-24(22)28)18(3)26(32)29-20-7-4-5-8-20/h6,9-14,17-18,20H,4-5,7-8,15-16H2,1-3H3,(H,29,32)/t18-/m0/s1. The molecule has 2 amide bonds. The van der Waals surface area contributed by atoms with Crippen LogP contribution in [0.15, 0.2) is 42.5 Å². The highest BCUT2D eigenvalue weighted by molar-refractivity contribution is 6.36. The van der Waals surface area contributed by atoms with E-state index in [2.05, 4.69) is 19.2 Å². The fraction of sp³-hybridized carbons (Fsp3) is 0.462. The highest BCUT2D eigenvalue weighted by Gasteiger charge is 2.29. The van der Waals surface area contributed by atoms with Crippen LogP contribution < -0.4 is 10.1 Å². The number of hydrogen-bond acceptors (Lipinski definition) is 3. The van der Waals surface area contributed by atoms with E-state index in [0.29, 0.717) is 27.3 Å². The quantitative estimate of drug-likeness (QED) is 0.470. The number of ether oxygens (including phenoxy) is 1. The Morgan fingerprint density at radius 3 is 2.21 bits per heavy atom. The maximum absolute atomic E-state index is 13.2. The molecule has 3 rings (SSSR count). The Morgan fingerprint density at radius 2 is 1.64 bits per heavy atom. The van der Waals surface area contributed by atoms with Crippen molar-refractivity contribution in [3.63, 3.8) is 0 Å². The summed E-state index contributed by atoms with van der Waals surface area (Å²) >= 11 is 12.7. The maximum Gasteiger partial charge on any atom is 0.261 e. The first-order valence-electron chi connectivity index (χ1n) is 11.5. The van der Waals surface area contributed by atoms with Crippen molar-refractivity contribution < 1.29 is 14.3 Å². The molecule has 0 saturated heterocycles. The van der Waals surface area contributed by atoms with Gasteiger partial charge in [0.1, 0.15) is 11.8 Å². The topological polar surface area (TPSA) is 58.6 Å². The lowest BCUT2D eigenvalue weighted by Gasteiger charge is -2.30. The van der Waals surface area contributed by atoms with E-state index in [9.17, 15) is 9.59 Å². The van der Waals surface area contributed by atoms with Gasteiger partial charge < -0.3 is 15.0 Å². The Balaban J connectivity index is 1.74. The van der Waals surface area contributed by atoms with E-state index in [4.69, 9.17) is 27.9 Å². The highest BCUT2D eigenvalue weighted by atomic mass is 35.5. The number of hydrogen-bond donors (Lipinski definition) is 1. The number of amides is 2. The molecule has 1 saturated carbocycles. The van der Waals surface area contributed by atoms with Crippen molar-refractivity contribution in [1.29, 1.82) is 0 Å². The van der Waals surface area contributed by atoms with E-state index < -0.39 is 6.04 Å². The number of carbonyl (C=O) groups is 2. The molecule has 1 aliphatic carbocycles. The zero-order chi connectivity index (χ0) is 24.0. The van der Waals surface area contributed by atoms with Crippen LogP contribution in [-0.2, 0) is 16.1 Å². The van der Waals surface area contributed by atoms with Gasteiger partial charge in [0.15, 0.2) is 6.61 Å². The molecular formula is C26H32Cl2N2O3. The van der Waals surface area contributed by atoms with Crippen LogP contribution in [0.2, 0.25) is 10.0 Å². The summed E-state index contributed by atoms with van der Waals surface area (Å²) in [5.41, 5.74) is 1.80. The Morgan fingerprint density at radius 1 is 1.03 bits per heavy atom. The van der Waals surface area contributed by atoms with Gasteiger partial charge in [-0.1, -0.05) is 68.1 Å². The molecule has 1 atom stereocenters. The molecule has 1 N–H and O–H groups in total. The second kappa shape index (κ2) is 11.8. The Bertz CT molecular complexity index is 936. The fourth-order valence-electron chi connectivity index (χ4n) is 4.01. The van der Waals surface area contributed by atoms with Crippen LogP contribution in [0.1, 0.15) is 63.5 Å². The van der Waals surface area contributed by atoms with Crippen LogP contribution in [0.5, 0.6) is 5.75 Å². The number of rotatable bonds is 9. The van der Waals surface area contributed by atoms with Gasteiger partial charge in [0.25, 0.3) is 5.91 Å². The molecule has 2 aromatic rings. The van der Waals surface area contributed by atoms with Crippen molar-refractivity contribution in [2.75, 3.05) is 6.61 Å². The molecule has 1 fully saturated rings. The molecule has 5 nitrogen and oxygen atoms in total. The zero-order valence-corrected chi connectivity index (χ0v) is 21.0. The van der Waals surface area contributed by atoms with Gasteiger partial charge in [-0.05, 0) is 55.5 Å². The van der Waals surface area contributed by atoms with Gasteiger partial charge in [-0.25, -0.2) is 0 Å². The molecule has 2 aromatic carbocycles. The Kier molecular flexibility index (Phi) is 9.04. The molecule has 1 aliphatic rings. The monoisotopic (exact) mass is 490 g/mol. The molecule has 0 bridgehead atoms. The third-order valence-electron chi connectivity index (χ3n) is 6.17. The first-order valence-corrected chi connectivity index (χ1v) is 12.3. The van der Waals surface area contributed by atoms with E-state index in [1.54, 1.807) is 25.1 Å². The minimum atomic E-state index is -0.697. The average Bonchev–Trinajstić information content (AvgIpc) is 3.30. The SMILES string of the molecule is CC(C)c1ccc(OCC(=O)N(Cc2c(Cl)cccc2Cl)[C@@H](C)C(=O)NC2CCCC2)cc1. The van der Waals surface area contributed by atoms with Gasteiger partial charge in [0, 0.05) is 28.2 Å². The van der Waals surface area contributed by atoms with Crippen molar-refractivity contribution >= 4 is 35.0 Å². The van der Waals surface area contributed by atoms with Gasteiger partial charge in [-0.3, -0.25) is 9.59 Å². The summed E-state index contributed by atoms with van der Waals surface area (Å²) in [5.74, 6) is 0.523. The second-order valence-electron chi connectivity index (χ2n) is 8.90. The molecule has 0 aliphatic heterocycles. The van der Waals surface area contributed by atoms with E-state index in [1.165, 1.54) is 10.5 Å². The molecule has 0 unspecified atom stereocenters. The molecule has 0 heterocycles. The summed E-state index contributed by atoms with van der Waals surface area (Å²) in [6, 6.07) is 12.4. The predicted octanol–water partition coefficient (Wildman–Crippen LogP) is 5.97. The lowest BCUT2D eigenvalue weighted by Crippen LogP contribution is -2.50. The summed E-state index contributed by atoms with van der Waals surface area (Å²) in [6.07, 6.45) is 4.16. The first-order chi connectivity index (χ1) is 15.8. The third kappa shape index (κ3) is 6.87. The predicted molar refractivity (Wildman–Crippen MR) is 133 cm³/mol. The molecule has 0 aromatic heterocycles. The van der Waals surface area contributed by atoms with Crippen molar-refractivity contribution in [3.8, 4) is 5.75 Å². The second-order valence-corrected chi connectivity index (χ2v) is 9.71. The van der Waals surface area contributed by atoms with Crippen LogP contribution in [0.25, 0.3) is 0 Å². The molecular weight excluding hydrogens is 459 g/mol. The molecule has 7 heteroatoms. The van der Waals surface area contributed by atoms with Gasteiger partial charge >= 0.3 is 0 Å². The van der Waals surface area contributed by atoms with Crippen LogP contribution in [0.4, 0.5) is 0 Å². The minimum Gasteiger partial charge on any atom is -0.484 e.